The van der Waals surface area contributed by atoms with E-state index in [9.17, 15) is 4.39 Å². The number of nitrogens with zero attached hydrogens (tertiary/aromatic N) is 1. The van der Waals surface area contributed by atoms with Crippen molar-refractivity contribution in [2.75, 3.05) is 13.1 Å². The lowest BCUT2D eigenvalue weighted by molar-refractivity contribution is -0.191. The summed E-state index contributed by atoms with van der Waals surface area (Å²) in [6.07, 6.45) is 5.48. The SMILES string of the molecule is NC(CCCCB(O)O)C1CCN(Cc2ccc(F)c(Cl)c2)CC1.O=C=O. The summed E-state index contributed by atoms with van der Waals surface area (Å²) in [7, 11) is -1.20. The fraction of sp³-hybridized carbons (Fsp3) is 0.611. The average Bonchev–Trinajstić information content (AvgIpc) is 2.63. The zero-order valence-electron chi connectivity index (χ0n) is 15.3. The topological polar surface area (TPSA) is 104 Å². The van der Waals surface area contributed by atoms with Crippen LogP contribution in [-0.4, -0.2) is 47.3 Å². The van der Waals surface area contributed by atoms with Crippen LogP contribution in [0.15, 0.2) is 18.2 Å². The molecule has 1 aromatic rings. The zero-order valence-corrected chi connectivity index (χ0v) is 16.1. The highest BCUT2D eigenvalue weighted by Crippen LogP contribution is 2.24. The molecule has 1 aromatic carbocycles. The minimum absolute atomic E-state index is 0.178. The van der Waals surface area contributed by atoms with Gasteiger partial charge < -0.3 is 15.8 Å². The molecular formula is C18H27BClFN2O4. The first-order valence-corrected chi connectivity index (χ1v) is 9.52. The molecule has 0 radical (unpaired) electrons. The highest BCUT2D eigenvalue weighted by molar-refractivity contribution is 6.40. The van der Waals surface area contributed by atoms with Crippen LogP contribution in [0.2, 0.25) is 11.3 Å². The minimum atomic E-state index is -1.20. The Bertz CT molecular complexity index is 595. The molecule has 1 fully saturated rings. The van der Waals surface area contributed by atoms with E-state index in [2.05, 4.69) is 4.90 Å². The number of nitrogens with two attached hydrogens (primary N) is 1. The highest BCUT2D eigenvalue weighted by Gasteiger charge is 2.24. The van der Waals surface area contributed by atoms with Gasteiger partial charge in [0.05, 0.1) is 5.02 Å². The summed E-state index contributed by atoms with van der Waals surface area (Å²) in [4.78, 5) is 18.6. The van der Waals surface area contributed by atoms with Gasteiger partial charge in [0.15, 0.2) is 0 Å². The molecular weight excluding hydrogens is 373 g/mol. The van der Waals surface area contributed by atoms with Crippen LogP contribution < -0.4 is 5.73 Å². The number of carbonyl (C=O) groups excluding carboxylic acids is 2. The van der Waals surface area contributed by atoms with E-state index in [0.717, 1.165) is 57.3 Å². The Morgan fingerprint density at radius 3 is 2.48 bits per heavy atom. The predicted molar refractivity (Wildman–Crippen MR) is 101 cm³/mol. The molecule has 150 valence electrons. The summed E-state index contributed by atoms with van der Waals surface area (Å²) in [6.45, 7) is 2.77. The predicted octanol–water partition coefficient (Wildman–Crippen LogP) is 2.08. The van der Waals surface area contributed by atoms with E-state index in [0.29, 0.717) is 12.2 Å². The van der Waals surface area contributed by atoms with Crippen LogP contribution in [0.25, 0.3) is 0 Å². The molecule has 4 N–H and O–H groups in total. The summed E-state index contributed by atoms with van der Waals surface area (Å²) in [6, 6.07) is 5.09. The lowest BCUT2D eigenvalue weighted by Crippen LogP contribution is -2.40. The molecule has 9 heteroatoms. The Hall–Kier alpha value is -1.28. The van der Waals surface area contributed by atoms with E-state index < -0.39 is 7.12 Å². The van der Waals surface area contributed by atoms with Crippen molar-refractivity contribution in [3.05, 3.63) is 34.6 Å². The summed E-state index contributed by atoms with van der Waals surface area (Å²) in [5.41, 5.74) is 7.33. The Labute approximate surface area is 164 Å². The van der Waals surface area contributed by atoms with Crippen LogP contribution in [0.4, 0.5) is 4.39 Å². The standard InChI is InChI=1S/C17H27BClFN2O2.CO2/c19-15-11-13(4-5-16(15)20)12-22-9-6-14(7-10-22)17(21)3-1-2-8-18(23)24;2-1-3/h4-5,11,14,17,23-24H,1-3,6-10,12,21H2;. The molecule has 1 aliphatic rings. The third-order valence-electron chi connectivity index (χ3n) is 4.88. The second-order valence-corrected chi connectivity index (χ2v) is 7.28. The third-order valence-corrected chi connectivity index (χ3v) is 5.17. The Morgan fingerprint density at radius 1 is 1.30 bits per heavy atom. The van der Waals surface area contributed by atoms with Gasteiger partial charge in [0.25, 0.3) is 0 Å². The number of unbranched alkanes of at least 4 members (excludes halogenated alkanes) is 1. The molecule has 0 saturated carbocycles. The van der Waals surface area contributed by atoms with Gasteiger partial charge >= 0.3 is 13.3 Å². The number of hydrogen-bond acceptors (Lipinski definition) is 6. The molecule has 0 aromatic heterocycles. The summed E-state index contributed by atoms with van der Waals surface area (Å²) < 4.78 is 13.2. The maximum Gasteiger partial charge on any atom is 0.451 e. The normalized spacial score (nSPS) is 16.2. The molecule has 0 aliphatic carbocycles. The number of rotatable bonds is 8. The van der Waals surface area contributed by atoms with Crippen molar-refractivity contribution in [1.82, 2.24) is 4.90 Å². The van der Waals surface area contributed by atoms with Crippen molar-refractivity contribution >= 4 is 24.9 Å². The van der Waals surface area contributed by atoms with E-state index in [-0.39, 0.29) is 23.0 Å². The van der Waals surface area contributed by atoms with Crippen LogP contribution in [0.1, 0.15) is 37.7 Å². The van der Waals surface area contributed by atoms with Crippen LogP contribution in [-0.2, 0) is 16.1 Å². The zero-order chi connectivity index (χ0) is 20.2. The van der Waals surface area contributed by atoms with Crippen LogP contribution in [0, 0.1) is 11.7 Å². The maximum atomic E-state index is 13.2. The minimum Gasteiger partial charge on any atom is -0.427 e. The smallest absolute Gasteiger partial charge is 0.427 e. The summed E-state index contributed by atoms with van der Waals surface area (Å²) in [5.74, 6) is 0.149. The summed E-state index contributed by atoms with van der Waals surface area (Å²) in [5, 5.41) is 17.9. The van der Waals surface area contributed by atoms with Crippen molar-refractivity contribution < 1.29 is 24.0 Å². The first-order chi connectivity index (χ1) is 12.9. The van der Waals surface area contributed by atoms with E-state index in [1.54, 1.807) is 12.1 Å². The molecule has 1 unspecified atom stereocenters. The van der Waals surface area contributed by atoms with Crippen molar-refractivity contribution in [3.63, 3.8) is 0 Å². The lowest BCUT2D eigenvalue weighted by Gasteiger charge is -2.35. The average molecular weight is 401 g/mol. The van der Waals surface area contributed by atoms with Gasteiger partial charge in [0.1, 0.15) is 5.82 Å². The maximum absolute atomic E-state index is 13.2. The van der Waals surface area contributed by atoms with Crippen molar-refractivity contribution in [2.24, 2.45) is 11.7 Å². The Balaban J connectivity index is 0.00000114. The second kappa shape index (κ2) is 13.0. The van der Waals surface area contributed by atoms with Gasteiger partial charge in [-0.1, -0.05) is 30.5 Å². The van der Waals surface area contributed by atoms with Gasteiger partial charge in [0.2, 0.25) is 0 Å². The van der Waals surface area contributed by atoms with Crippen LogP contribution in [0.5, 0.6) is 0 Å². The van der Waals surface area contributed by atoms with Gasteiger partial charge in [-0.2, -0.15) is 9.59 Å². The van der Waals surface area contributed by atoms with Crippen LogP contribution >= 0.6 is 11.6 Å². The molecule has 0 spiro atoms. The monoisotopic (exact) mass is 400 g/mol. The number of halogens is 2. The number of likely N-dealkylation sites (tertiary alicyclic amines) is 1. The van der Waals surface area contributed by atoms with Crippen LogP contribution in [0.3, 0.4) is 0 Å². The van der Waals surface area contributed by atoms with Crippen molar-refractivity contribution in [2.45, 2.75) is 51.0 Å². The first-order valence-electron chi connectivity index (χ1n) is 9.14. The van der Waals surface area contributed by atoms with Crippen molar-refractivity contribution in [1.29, 1.82) is 0 Å². The number of hydrogen-bond donors (Lipinski definition) is 3. The van der Waals surface area contributed by atoms with E-state index in [1.165, 1.54) is 6.07 Å². The Kier molecular flexibility index (Phi) is 11.4. The number of benzene rings is 1. The second-order valence-electron chi connectivity index (χ2n) is 6.87. The first kappa shape index (κ1) is 23.8. The molecule has 27 heavy (non-hydrogen) atoms. The molecule has 1 aliphatic heterocycles. The molecule has 0 amide bonds. The van der Waals surface area contributed by atoms with Gasteiger partial charge in [0, 0.05) is 12.6 Å². The molecule has 0 bridgehead atoms. The van der Waals surface area contributed by atoms with E-state index in [4.69, 9.17) is 37.0 Å². The largest absolute Gasteiger partial charge is 0.451 e. The molecule has 1 heterocycles. The molecule has 2 rings (SSSR count). The molecule has 1 saturated heterocycles. The third kappa shape index (κ3) is 9.47. The molecule has 1 atom stereocenters. The lowest BCUT2D eigenvalue weighted by atomic mass is 9.82. The molecule has 6 nitrogen and oxygen atoms in total. The highest BCUT2D eigenvalue weighted by atomic mass is 35.5. The van der Waals surface area contributed by atoms with Gasteiger partial charge in [-0.05, 0) is 62.3 Å². The quantitative estimate of drug-likeness (QED) is 0.456. The Morgan fingerprint density at radius 2 is 1.93 bits per heavy atom. The fourth-order valence-electron chi connectivity index (χ4n) is 3.38. The fourth-order valence-corrected chi connectivity index (χ4v) is 3.58. The number of piperidine rings is 1. The van der Waals surface area contributed by atoms with E-state index >= 15 is 0 Å². The van der Waals surface area contributed by atoms with E-state index in [1.807, 2.05) is 0 Å². The van der Waals surface area contributed by atoms with Gasteiger partial charge in [-0.3, -0.25) is 4.90 Å². The van der Waals surface area contributed by atoms with Gasteiger partial charge in [-0.25, -0.2) is 4.39 Å². The van der Waals surface area contributed by atoms with Crippen molar-refractivity contribution in [3.8, 4) is 0 Å². The summed E-state index contributed by atoms with van der Waals surface area (Å²) >= 11 is 5.83. The van der Waals surface area contributed by atoms with Gasteiger partial charge in [-0.15, -0.1) is 0 Å².